The molecular formula is C27H34N3O6. The van der Waals surface area contributed by atoms with E-state index in [0.29, 0.717) is 29.4 Å². The monoisotopic (exact) mass is 496 g/mol. The number of carbonyl (C=O) groups excluding carboxylic acids is 1. The van der Waals surface area contributed by atoms with Crippen molar-refractivity contribution in [1.82, 2.24) is 0 Å². The number of esters is 1. The Morgan fingerprint density at radius 3 is 2.42 bits per heavy atom. The van der Waals surface area contributed by atoms with E-state index >= 15 is 0 Å². The van der Waals surface area contributed by atoms with Gasteiger partial charge in [0.2, 0.25) is 0 Å². The van der Waals surface area contributed by atoms with Crippen molar-refractivity contribution >= 4 is 29.0 Å². The molecule has 9 heteroatoms. The van der Waals surface area contributed by atoms with Crippen LogP contribution in [0.15, 0.2) is 48.6 Å². The molecule has 0 amide bonds. The number of hydrazine groups is 2. The van der Waals surface area contributed by atoms with Crippen LogP contribution in [0, 0.1) is 6.92 Å². The topological polar surface area (TPSA) is 112 Å². The van der Waals surface area contributed by atoms with E-state index in [1.54, 1.807) is 18.2 Å². The molecule has 36 heavy (non-hydrogen) atoms. The molecule has 1 aliphatic heterocycles. The molecule has 0 saturated heterocycles. The fourth-order valence-electron chi connectivity index (χ4n) is 3.81. The third-order valence-electron chi connectivity index (χ3n) is 5.74. The highest BCUT2D eigenvalue weighted by Gasteiger charge is 2.35. The summed E-state index contributed by atoms with van der Waals surface area (Å²) in [6, 6.07) is 9.36. The average Bonchev–Trinajstić information content (AvgIpc) is 3.21. The number of rotatable bonds is 13. The van der Waals surface area contributed by atoms with E-state index in [9.17, 15) is 19.8 Å². The van der Waals surface area contributed by atoms with E-state index in [1.165, 1.54) is 60.9 Å². The lowest BCUT2D eigenvalue weighted by molar-refractivity contribution is -0.142. The summed E-state index contributed by atoms with van der Waals surface area (Å²) in [5.41, 5.74) is 4.62. The Morgan fingerprint density at radius 2 is 1.75 bits per heavy atom. The fourth-order valence-corrected chi connectivity index (χ4v) is 3.81. The van der Waals surface area contributed by atoms with Crippen LogP contribution in [0.25, 0.3) is 0 Å². The van der Waals surface area contributed by atoms with E-state index in [1.807, 2.05) is 0 Å². The van der Waals surface area contributed by atoms with Gasteiger partial charge in [0.05, 0.1) is 23.5 Å². The van der Waals surface area contributed by atoms with Crippen LogP contribution in [0.2, 0.25) is 0 Å². The smallest absolute Gasteiger partial charge is 0.335 e. The molecule has 1 radical (unpaired) electrons. The number of nitrogens with zero attached hydrogens (tertiary/aromatic N) is 2. The first-order valence-electron chi connectivity index (χ1n) is 12.1. The van der Waals surface area contributed by atoms with Crippen molar-refractivity contribution in [1.29, 1.82) is 0 Å². The molecule has 3 N–H and O–H groups in total. The summed E-state index contributed by atoms with van der Waals surface area (Å²) in [7, 11) is 0. The number of carboxylic acids is 1. The maximum Gasteiger partial charge on any atom is 0.335 e. The van der Waals surface area contributed by atoms with Gasteiger partial charge in [0.25, 0.3) is 0 Å². The van der Waals surface area contributed by atoms with Gasteiger partial charge in [-0.1, -0.05) is 45.6 Å². The number of hydrogen-bond donors (Lipinski definition) is 3. The molecule has 0 saturated carbocycles. The van der Waals surface area contributed by atoms with E-state index in [-0.39, 0.29) is 16.9 Å². The number of anilines is 3. The van der Waals surface area contributed by atoms with Gasteiger partial charge in [-0.05, 0) is 43.7 Å². The molecule has 2 aromatic carbocycles. The van der Waals surface area contributed by atoms with Gasteiger partial charge >= 0.3 is 11.9 Å². The summed E-state index contributed by atoms with van der Waals surface area (Å²) >= 11 is 0. The molecule has 1 aliphatic rings. The third-order valence-corrected chi connectivity index (χ3v) is 5.74. The number of benzene rings is 2. The predicted molar refractivity (Wildman–Crippen MR) is 139 cm³/mol. The van der Waals surface area contributed by atoms with E-state index in [4.69, 9.17) is 9.47 Å². The minimum Gasteiger partial charge on any atom is -0.505 e. The second kappa shape index (κ2) is 12.2. The van der Waals surface area contributed by atoms with Gasteiger partial charge in [-0.2, -0.15) is 5.12 Å². The molecule has 0 fully saturated rings. The number of phenols is 1. The summed E-state index contributed by atoms with van der Waals surface area (Å²) in [4.78, 5) is 23.6. The number of aromatic carboxylic acids is 1. The van der Waals surface area contributed by atoms with Crippen LogP contribution in [0.4, 0.5) is 17.1 Å². The number of unbranched alkanes of at least 4 members (excludes halogenated alkanes) is 5. The Balaban J connectivity index is 1.78. The zero-order valence-corrected chi connectivity index (χ0v) is 20.8. The first-order chi connectivity index (χ1) is 17.2. The van der Waals surface area contributed by atoms with Crippen LogP contribution < -0.4 is 20.3 Å². The normalized spacial score (nSPS) is 13.1. The van der Waals surface area contributed by atoms with Crippen LogP contribution in [-0.4, -0.2) is 35.0 Å². The Hall–Kier alpha value is -3.88. The molecule has 0 aromatic heterocycles. The van der Waals surface area contributed by atoms with E-state index in [2.05, 4.69) is 25.9 Å². The number of phenolic OH excluding ortho intramolecular Hbond substituents is 1. The second-order valence-corrected chi connectivity index (χ2v) is 8.71. The van der Waals surface area contributed by atoms with Crippen LogP contribution >= 0.6 is 0 Å². The molecule has 1 heterocycles. The first kappa shape index (κ1) is 26.7. The highest BCUT2D eigenvalue weighted by atomic mass is 16.6. The van der Waals surface area contributed by atoms with Gasteiger partial charge in [-0.15, -0.1) is 0 Å². The number of aromatic hydroxyl groups is 1. The largest absolute Gasteiger partial charge is 0.505 e. The number of carboxylic acid groups (broad SMARTS) is 1. The van der Waals surface area contributed by atoms with Crippen LogP contribution in [0.1, 0.15) is 62.7 Å². The average molecular weight is 497 g/mol. The molecule has 0 spiro atoms. The van der Waals surface area contributed by atoms with E-state index < -0.39 is 18.2 Å². The summed E-state index contributed by atoms with van der Waals surface area (Å²) < 4.78 is 11.2. The van der Waals surface area contributed by atoms with Crippen LogP contribution in [0.3, 0.4) is 0 Å². The van der Waals surface area contributed by atoms with Crippen molar-refractivity contribution in [3.8, 4) is 11.5 Å². The quantitative estimate of drug-likeness (QED) is 0.183. The Bertz CT molecular complexity index is 1100. The summed E-state index contributed by atoms with van der Waals surface area (Å²) in [6.45, 7) is 11.8. The van der Waals surface area contributed by atoms with Gasteiger partial charge in [0.15, 0.2) is 6.23 Å². The maximum absolute atomic E-state index is 12.1. The fraction of sp³-hybridized carbons (Fsp3) is 0.370. The molecule has 0 bridgehead atoms. The lowest BCUT2D eigenvalue weighted by atomic mass is 10.1. The zero-order valence-electron chi connectivity index (χ0n) is 20.8. The van der Waals surface area contributed by atoms with Crippen molar-refractivity contribution in [2.75, 3.05) is 22.2 Å². The minimum absolute atomic E-state index is 0.0743. The van der Waals surface area contributed by atoms with Gasteiger partial charge in [0.1, 0.15) is 17.2 Å². The van der Waals surface area contributed by atoms with Crippen molar-refractivity contribution in [2.45, 2.75) is 58.6 Å². The SMILES string of the molecule is [CH2]C(OC(=O)C(=C)C)N1c2ccc(C(=O)O)cc2NN1c1ccc(OCCCCCCCC)cc1O. The lowest BCUT2D eigenvalue weighted by Crippen LogP contribution is -2.49. The van der Waals surface area contributed by atoms with Crippen molar-refractivity contribution in [2.24, 2.45) is 0 Å². The zero-order chi connectivity index (χ0) is 26.2. The Kier molecular flexibility index (Phi) is 9.05. The molecule has 1 unspecified atom stereocenters. The number of fused-ring (bicyclic) bond motifs is 1. The summed E-state index contributed by atoms with van der Waals surface area (Å²) in [6.07, 6.45) is 5.86. The van der Waals surface area contributed by atoms with Crippen molar-refractivity contribution in [3.63, 3.8) is 0 Å². The molecule has 3 rings (SSSR count). The summed E-state index contributed by atoms with van der Waals surface area (Å²) in [5.74, 6) is -1.27. The predicted octanol–water partition coefficient (Wildman–Crippen LogP) is 5.68. The van der Waals surface area contributed by atoms with Crippen LogP contribution in [-0.2, 0) is 9.53 Å². The molecule has 2 aromatic rings. The number of ether oxygens (including phenoxy) is 2. The highest BCUT2D eigenvalue weighted by Crippen LogP contribution is 2.42. The van der Waals surface area contributed by atoms with Gasteiger partial charge in [-0.3, -0.25) is 5.43 Å². The second-order valence-electron chi connectivity index (χ2n) is 8.71. The number of hydrogen-bond acceptors (Lipinski definition) is 8. The Morgan fingerprint density at radius 1 is 1.06 bits per heavy atom. The van der Waals surface area contributed by atoms with Gasteiger partial charge in [-0.25, -0.2) is 14.6 Å². The van der Waals surface area contributed by atoms with Crippen LogP contribution in [0.5, 0.6) is 11.5 Å². The molecule has 193 valence electrons. The van der Waals surface area contributed by atoms with Gasteiger partial charge < -0.3 is 19.7 Å². The minimum atomic E-state index is -1.08. The molecular weight excluding hydrogens is 462 g/mol. The van der Waals surface area contributed by atoms with Crippen molar-refractivity contribution in [3.05, 3.63) is 61.0 Å². The maximum atomic E-state index is 12.1. The number of nitrogens with one attached hydrogen (secondary N) is 1. The molecule has 9 nitrogen and oxygen atoms in total. The van der Waals surface area contributed by atoms with Crippen molar-refractivity contribution < 1.29 is 29.3 Å². The lowest BCUT2D eigenvalue weighted by Gasteiger charge is -2.35. The molecule has 1 atom stereocenters. The standard InChI is InChI=1S/C27H34N3O6/c1-5-6-7-8-9-10-15-35-21-12-14-24(25(31)17-21)30-28-22-16-20(26(32)33)11-13-23(22)29(30)19(4)36-27(34)18(2)3/h11-14,16-17,19,28,31H,2,4-10,15H2,1,3H3,(H,32,33). The highest BCUT2D eigenvalue weighted by molar-refractivity contribution is 5.93. The third kappa shape index (κ3) is 6.41. The first-order valence-corrected chi connectivity index (χ1v) is 12.1. The Labute approximate surface area is 211 Å². The number of carbonyl (C=O) groups is 2. The summed E-state index contributed by atoms with van der Waals surface area (Å²) in [5, 5.41) is 23.1. The molecule has 0 aliphatic carbocycles. The van der Waals surface area contributed by atoms with Gasteiger partial charge in [0, 0.05) is 18.6 Å². The van der Waals surface area contributed by atoms with E-state index in [0.717, 1.165) is 12.8 Å².